The summed E-state index contributed by atoms with van der Waals surface area (Å²) in [6.07, 6.45) is 6.08. The van der Waals surface area contributed by atoms with E-state index in [1.807, 2.05) is 0 Å². The number of nitrogens with one attached hydrogen (secondary N) is 1. The Kier molecular flexibility index (Phi) is 4.29. The van der Waals surface area contributed by atoms with Crippen LogP contribution in [0.4, 0.5) is 5.69 Å². The van der Waals surface area contributed by atoms with Crippen LogP contribution in [-0.2, 0) is 6.42 Å². The van der Waals surface area contributed by atoms with Crippen molar-refractivity contribution in [1.82, 2.24) is 0 Å². The zero-order chi connectivity index (χ0) is 12.1. The number of hydrogen-bond donors (Lipinski definition) is 1. The molecule has 0 spiro atoms. The van der Waals surface area contributed by atoms with Crippen LogP contribution in [-0.4, -0.2) is 12.6 Å². The molecule has 17 heavy (non-hydrogen) atoms. The molecule has 0 saturated carbocycles. The fourth-order valence-corrected chi connectivity index (χ4v) is 2.34. The maximum absolute atomic E-state index is 5.52. The van der Waals surface area contributed by atoms with Crippen molar-refractivity contribution in [1.29, 1.82) is 0 Å². The molecule has 0 radical (unpaired) electrons. The van der Waals surface area contributed by atoms with Crippen molar-refractivity contribution in [3.63, 3.8) is 0 Å². The zero-order valence-electron chi connectivity index (χ0n) is 11.0. The number of anilines is 1. The summed E-state index contributed by atoms with van der Waals surface area (Å²) in [5, 5.41) is 3.64. The van der Waals surface area contributed by atoms with E-state index in [-0.39, 0.29) is 0 Å². The van der Waals surface area contributed by atoms with Crippen LogP contribution in [0.2, 0.25) is 0 Å². The Morgan fingerprint density at radius 1 is 1.35 bits per heavy atom. The predicted octanol–water partition coefficient (Wildman–Crippen LogP) is 4.00. The molecule has 1 unspecified atom stereocenters. The van der Waals surface area contributed by atoms with Gasteiger partial charge in [0, 0.05) is 18.2 Å². The van der Waals surface area contributed by atoms with E-state index in [1.165, 1.54) is 36.9 Å². The van der Waals surface area contributed by atoms with Gasteiger partial charge in [0.05, 0.1) is 6.61 Å². The smallest absolute Gasteiger partial charge is 0.122 e. The van der Waals surface area contributed by atoms with Crippen molar-refractivity contribution in [2.45, 2.75) is 52.0 Å². The molecule has 0 aromatic heterocycles. The topological polar surface area (TPSA) is 21.3 Å². The van der Waals surface area contributed by atoms with Crippen molar-refractivity contribution < 1.29 is 4.74 Å². The van der Waals surface area contributed by atoms with Crippen LogP contribution in [0.3, 0.4) is 0 Å². The van der Waals surface area contributed by atoms with Gasteiger partial charge >= 0.3 is 0 Å². The summed E-state index contributed by atoms with van der Waals surface area (Å²) in [6, 6.07) is 7.09. The lowest BCUT2D eigenvalue weighted by atomic mass is 10.1. The van der Waals surface area contributed by atoms with Crippen LogP contribution in [0.1, 0.15) is 45.1 Å². The highest BCUT2D eigenvalue weighted by molar-refractivity contribution is 5.52. The summed E-state index contributed by atoms with van der Waals surface area (Å²) in [4.78, 5) is 0. The lowest BCUT2D eigenvalue weighted by Crippen LogP contribution is -2.18. The van der Waals surface area contributed by atoms with Crippen molar-refractivity contribution in [2.24, 2.45) is 0 Å². The van der Waals surface area contributed by atoms with E-state index >= 15 is 0 Å². The van der Waals surface area contributed by atoms with Gasteiger partial charge in [-0.25, -0.2) is 0 Å². The number of unbranched alkanes of at least 4 members (excludes halogenated alkanes) is 1. The summed E-state index contributed by atoms with van der Waals surface area (Å²) in [6.45, 7) is 5.34. The average molecular weight is 233 g/mol. The van der Waals surface area contributed by atoms with E-state index < -0.39 is 0 Å². The molecule has 0 aliphatic carbocycles. The van der Waals surface area contributed by atoms with E-state index in [4.69, 9.17) is 4.74 Å². The average Bonchev–Trinajstić information content (AvgIpc) is 2.81. The molecule has 94 valence electrons. The standard InChI is InChI=1S/C15H23NO/c1-3-5-6-13(4-2)16-14-7-8-15-12(11-14)9-10-17-15/h7-8,11,13,16H,3-6,9-10H2,1-2H3. The minimum Gasteiger partial charge on any atom is -0.493 e. The molecule has 2 heteroatoms. The van der Waals surface area contributed by atoms with Gasteiger partial charge in [0.25, 0.3) is 0 Å². The van der Waals surface area contributed by atoms with Gasteiger partial charge < -0.3 is 10.1 Å². The van der Waals surface area contributed by atoms with E-state index in [2.05, 4.69) is 37.4 Å². The molecule has 1 aromatic carbocycles. The van der Waals surface area contributed by atoms with E-state index in [1.54, 1.807) is 0 Å². The Balaban J connectivity index is 1.97. The van der Waals surface area contributed by atoms with Crippen molar-refractivity contribution in [3.05, 3.63) is 23.8 Å². The summed E-state index contributed by atoms with van der Waals surface area (Å²) >= 11 is 0. The summed E-state index contributed by atoms with van der Waals surface area (Å²) in [7, 11) is 0. The van der Waals surface area contributed by atoms with Gasteiger partial charge in [0.2, 0.25) is 0 Å². The Bertz CT molecular complexity index is 362. The van der Waals surface area contributed by atoms with E-state index in [0.717, 1.165) is 18.8 Å². The Morgan fingerprint density at radius 3 is 3.00 bits per heavy atom. The van der Waals surface area contributed by atoms with Gasteiger partial charge in [0.1, 0.15) is 5.75 Å². The summed E-state index contributed by atoms with van der Waals surface area (Å²) < 4.78 is 5.52. The SMILES string of the molecule is CCCCC(CC)Nc1ccc2c(c1)CCO2. The third kappa shape index (κ3) is 3.15. The highest BCUT2D eigenvalue weighted by Crippen LogP contribution is 2.28. The molecule has 1 heterocycles. The van der Waals surface area contributed by atoms with Crippen LogP contribution >= 0.6 is 0 Å². The molecular formula is C15H23NO. The highest BCUT2D eigenvalue weighted by atomic mass is 16.5. The fraction of sp³-hybridized carbons (Fsp3) is 0.600. The van der Waals surface area contributed by atoms with Gasteiger partial charge in [0.15, 0.2) is 0 Å². The summed E-state index contributed by atoms with van der Waals surface area (Å²) in [5.74, 6) is 1.07. The third-order valence-electron chi connectivity index (χ3n) is 3.46. The maximum Gasteiger partial charge on any atom is 0.122 e. The van der Waals surface area contributed by atoms with Gasteiger partial charge in [-0.1, -0.05) is 26.7 Å². The number of hydrogen-bond acceptors (Lipinski definition) is 2. The molecule has 1 N–H and O–H groups in total. The molecule has 0 saturated heterocycles. The van der Waals surface area contributed by atoms with E-state index in [9.17, 15) is 0 Å². The van der Waals surface area contributed by atoms with Crippen molar-refractivity contribution in [2.75, 3.05) is 11.9 Å². The van der Waals surface area contributed by atoms with Crippen LogP contribution in [0, 0.1) is 0 Å². The number of benzene rings is 1. The first-order valence-corrected chi connectivity index (χ1v) is 6.85. The maximum atomic E-state index is 5.52. The van der Waals surface area contributed by atoms with Crippen molar-refractivity contribution in [3.8, 4) is 5.75 Å². The van der Waals surface area contributed by atoms with Crippen LogP contribution in [0.5, 0.6) is 5.75 Å². The molecule has 2 nitrogen and oxygen atoms in total. The van der Waals surface area contributed by atoms with Crippen LogP contribution in [0.25, 0.3) is 0 Å². The molecular weight excluding hydrogens is 210 g/mol. The molecule has 1 aliphatic rings. The minimum atomic E-state index is 0.607. The monoisotopic (exact) mass is 233 g/mol. The quantitative estimate of drug-likeness (QED) is 0.801. The highest BCUT2D eigenvalue weighted by Gasteiger charge is 2.13. The zero-order valence-corrected chi connectivity index (χ0v) is 11.0. The molecule has 0 fully saturated rings. The second-order valence-corrected chi connectivity index (χ2v) is 4.81. The predicted molar refractivity (Wildman–Crippen MR) is 72.9 cm³/mol. The molecule has 1 aromatic rings. The normalized spacial score (nSPS) is 15.2. The lowest BCUT2D eigenvalue weighted by molar-refractivity contribution is 0.357. The molecule has 0 bridgehead atoms. The second kappa shape index (κ2) is 5.95. The largest absolute Gasteiger partial charge is 0.493 e. The number of rotatable bonds is 6. The first-order valence-electron chi connectivity index (χ1n) is 6.85. The Hall–Kier alpha value is -1.18. The Morgan fingerprint density at radius 2 is 2.24 bits per heavy atom. The van der Waals surface area contributed by atoms with Gasteiger partial charge in [-0.05, 0) is 36.6 Å². The summed E-state index contributed by atoms with van der Waals surface area (Å²) in [5.41, 5.74) is 2.59. The van der Waals surface area contributed by atoms with Crippen LogP contribution in [0.15, 0.2) is 18.2 Å². The number of ether oxygens (including phenoxy) is 1. The van der Waals surface area contributed by atoms with Crippen molar-refractivity contribution >= 4 is 5.69 Å². The first-order chi connectivity index (χ1) is 8.33. The molecule has 2 rings (SSSR count). The third-order valence-corrected chi connectivity index (χ3v) is 3.46. The van der Waals surface area contributed by atoms with Gasteiger partial charge in [-0.15, -0.1) is 0 Å². The first kappa shape index (κ1) is 12.3. The lowest BCUT2D eigenvalue weighted by Gasteiger charge is -2.18. The second-order valence-electron chi connectivity index (χ2n) is 4.81. The Labute approximate surface area is 104 Å². The minimum absolute atomic E-state index is 0.607. The van der Waals surface area contributed by atoms with Gasteiger partial charge in [-0.2, -0.15) is 0 Å². The van der Waals surface area contributed by atoms with Crippen LogP contribution < -0.4 is 10.1 Å². The fourth-order valence-electron chi connectivity index (χ4n) is 2.34. The molecule has 1 aliphatic heterocycles. The van der Waals surface area contributed by atoms with E-state index in [0.29, 0.717) is 6.04 Å². The van der Waals surface area contributed by atoms with Gasteiger partial charge in [-0.3, -0.25) is 0 Å². The molecule has 0 amide bonds. The molecule has 1 atom stereocenters. The number of fused-ring (bicyclic) bond motifs is 1.